The maximum absolute atomic E-state index is 12.3. The van der Waals surface area contributed by atoms with Gasteiger partial charge in [-0.1, -0.05) is 23.4 Å². The lowest BCUT2D eigenvalue weighted by molar-refractivity contribution is -0.135. The van der Waals surface area contributed by atoms with Crippen molar-refractivity contribution < 1.29 is 24.5 Å². The van der Waals surface area contributed by atoms with Crippen LogP contribution in [0.15, 0.2) is 63.7 Å². The van der Waals surface area contributed by atoms with Crippen LogP contribution in [-0.4, -0.2) is 34.9 Å². The number of aliphatic imine (C=N–C) groups is 1. The quantitative estimate of drug-likeness (QED) is 0.680. The molecule has 150 valence electrons. The number of phenolic OH excluding ortho intramolecular Hbond substituents is 1. The molecule has 0 saturated carbocycles. The molecule has 7 heteroatoms. The van der Waals surface area contributed by atoms with E-state index in [-0.39, 0.29) is 17.1 Å². The third kappa shape index (κ3) is 4.63. The van der Waals surface area contributed by atoms with Crippen LogP contribution in [0.4, 0.5) is 5.69 Å². The summed E-state index contributed by atoms with van der Waals surface area (Å²) >= 11 is 1.13. The van der Waals surface area contributed by atoms with Crippen molar-refractivity contribution in [2.24, 2.45) is 4.99 Å². The number of esters is 1. The van der Waals surface area contributed by atoms with Crippen LogP contribution >= 0.6 is 11.8 Å². The van der Waals surface area contributed by atoms with Gasteiger partial charge in [0.05, 0.1) is 24.3 Å². The number of ether oxygens (including phenoxy) is 2. The molecule has 1 heterocycles. The molecule has 29 heavy (non-hydrogen) atoms. The molecule has 0 aliphatic carbocycles. The van der Waals surface area contributed by atoms with E-state index in [2.05, 4.69) is 4.99 Å². The predicted molar refractivity (Wildman–Crippen MR) is 115 cm³/mol. The van der Waals surface area contributed by atoms with Crippen LogP contribution in [0.3, 0.4) is 0 Å². The fourth-order valence-corrected chi connectivity index (χ4v) is 3.75. The minimum absolute atomic E-state index is 0.00947. The van der Waals surface area contributed by atoms with E-state index in [0.717, 1.165) is 23.1 Å². The van der Waals surface area contributed by atoms with Crippen LogP contribution in [0, 0.1) is 6.92 Å². The molecular formula is C22H21NO5S. The Morgan fingerprint density at radius 2 is 1.90 bits per heavy atom. The minimum Gasteiger partial charge on any atom is -0.507 e. The van der Waals surface area contributed by atoms with E-state index >= 15 is 0 Å². The van der Waals surface area contributed by atoms with E-state index < -0.39 is 5.97 Å². The van der Waals surface area contributed by atoms with E-state index in [1.54, 1.807) is 48.5 Å². The lowest BCUT2D eigenvalue weighted by Crippen LogP contribution is -2.10. The summed E-state index contributed by atoms with van der Waals surface area (Å²) in [5.74, 6) is -0.116. The number of methoxy groups -OCH3 is 1. The van der Waals surface area contributed by atoms with Gasteiger partial charge >= 0.3 is 5.97 Å². The summed E-state index contributed by atoms with van der Waals surface area (Å²) in [6.45, 7) is 4.36. The van der Waals surface area contributed by atoms with E-state index in [9.17, 15) is 15.0 Å². The number of aryl methyl sites for hydroxylation is 1. The second-order valence-electron chi connectivity index (χ2n) is 6.23. The number of rotatable bonds is 5. The second-order valence-corrected chi connectivity index (χ2v) is 7.26. The molecule has 0 bridgehead atoms. The average Bonchev–Trinajstić information content (AvgIpc) is 3.01. The first-order chi connectivity index (χ1) is 13.9. The van der Waals surface area contributed by atoms with Crippen LogP contribution in [-0.2, 0) is 9.53 Å². The first-order valence-electron chi connectivity index (χ1n) is 8.96. The Balaban J connectivity index is 2.01. The molecule has 0 amide bonds. The summed E-state index contributed by atoms with van der Waals surface area (Å²) in [5.41, 5.74) is 2.08. The number of benzene rings is 2. The lowest BCUT2D eigenvalue weighted by atomic mass is 10.1. The fraction of sp³-hybridized carbons (Fsp3) is 0.182. The Labute approximate surface area is 173 Å². The Hall–Kier alpha value is -3.19. The summed E-state index contributed by atoms with van der Waals surface area (Å²) in [4.78, 5) is 17.1. The highest BCUT2D eigenvalue weighted by atomic mass is 32.2. The van der Waals surface area contributed by atoms with Crippen molar-refractivity contribution >= 4 is 34.5 Å². The number of carbonyl (C=O) groups excluding carboxylic acids is 1. The largest absolute Gasteiger partial charge is 0.507 e. The van der Waals surface area contributed by atoms with Gasteiger partial charge in [-0.15, -0.1) is 0 Å². The standard InChI is InChI=1S/C22H21NO5S/c1-4-28-16-8-6-15(7-9-16)23-21-19(22(26)27-3)20(25)18(29-21)12-14-11-13(2)5-10-17(14)24/h5-12,24-25H,4H2,1-3H3/b18-12+,23-21?. The van der Waals surface area contributed by atoms with E-state index in [0.29, 0.717) is 27.8 Å². The van der Waals surface area contributed by atoms with Gasteiger partial charge in [0, 0.05) is 5.56 Å². The lowest BCUT2D eigenvalue weighted by Gasteiger charge is -2.04. The molecule has 0 radical (unpaired) electrons. The van der Waals surface area contributed by atoms with Crippen molar-refractivity contribution in [2.45, 2.75) is 13.8 Å². The van der Waals surface area contributed by atoms with Crippen molar-refractivity contribution in [1.82, 2.24) is 0 Å². The molecule has 0 fully saturated rings. The SMILES string of the molecule is CCOc1ccc(N=C2S/C(=C/c3cc(C)ccc3O)C(O)=C2C(=O)OC)cc1. The minimum atomic E-state index is -0.684. The molecule has 0 saturated heterocycles. The van der Waals surface area contributed by atoms with E-state index in [1.807, 2.05) is 13.8 Å². The zero-order valence-corrected chi connectivity index (χ0v) is 17.1. The first-order valence-corrected chi connectivity index (χ1v) is 9.77. The maximum atomic E-state index is 12.3. The predicted octanol–water partition coefficient (Wildman–Crippen LogP) is 4.90. The fourth-order valence-electron chi connectivity index (χ4n) is 2.72. The number of carbonyl (C=O) groups is 1. The van der Waals surface area contributed by atoms with Crippen LogP contribution in [0.5, 0.6) is 11.5 Å². The molecule has 0 unspecified atom stereocenters. The average molecular weight is 411 g/mol. The van der Waals surface area contributed by atoms with Gasteiger partial charge in [0.15, 0.2) is 0 Å². The van der Waals surface area contributed by atoms with Crippen LogP contribution in [0.1, 0.15) is 18.1 Å². The number of hydrogen-bond donors (Lipinski definition) is 2. The summed E-state index contributed by atoms with van der Waals surface area (Å²) in [5, 5.41) is 21.0. The molecule has 0 aromatic heterocycles. The van der Waals surface area contributed by atoms with Crippen LogP contribution in [0.2, 0.25) is 0 Å². The van der Waals surface area contributed by atoms with Crippen molar-refractivity contribution in [2.75, 3.05) is 13.7 Å². The van der Waals surface area contributed by atoms with Gasteiger partial charge in [0.2, 0.25) is 0 Å². The number of aliphatic hydroxyl groups is 1. The maximum Gasteiger partial charge on any atom is 0.344 e. The highest BCUT2D eigenvalue weighted by molar-refractivity contribution is 8.18. The number of aromatic hydroxyl groups is 1. The summed E-state index contributed by atoms with van der Waals surface area (Å²) in [7, 11) is 1.25. The van der Waals surface area contributed by atoms with Crippen molar-refractivity contribution in [3.63, 3.8) is 0 Å². The van der Waals surface area contributed by atoms with Crippen LogP contribution in [0.25, 0.3) is 6.08 Å². The molecule has 2 aromatic carbocycles. The highest BCUT2D eigenvalue weighted by Crippen LogP contribution is 2.41. The van der Waals surface area contributed by atoms with E-state index in [1.165, 1.54) is 7.11 Å². The molecule has 2 N–H and O–H groups in total. The summed E-state index contributed by atoms with van der Waals surface area (Å²) < 4.78 is 10.2. The smallest absolute Gasteiger partial charge is 0.344 e. The Bertz CT molecular complexity index is 1020. The first kappa shape index (κ1) is 20.5. The molecule has 2 aromatic rings. The number of hydrogen-bond acceptors (Lipinski definition) is 7. The van der Waals surface area contributed by atoms with Gasteiger partial charge < -0.3 is 19.7 Å². The van der Waals surface area contributed by atoms with Crippen molar-refractivity contribution in [3.05, 3.63) is 69.8 Å². The Morgan fingerprint density at radius 1 is 1.17 bits per heavy atom. The molecule has 0 atom stereocenters. The summed E-state index contributed by atoms with van der Waals surface area (Å²) in [6, 6.07) is 12.2. The van der Waals surface area contributed by atoms with E-state index in [4.69, 9.17) is 9.47 Å². The van der Waals surface area contributed by atoms with Gasteiger partial charge in [-0.05, 0) is 56.3 Å². The van der Waals surface area contributed by atoms with Crippen molar-refractivity contribution in [1.29, 1.82) is 0 Å². The molecule has 1 aliphatic rings. The molecule has 6 nitrogen and oxygen atoms in total. The van der Waals surface area contributed by atoms with Gasteiger partial charge in [0.25, 0.3) is 0 Å². The Kier molecular flexibility index (Phi) is 6.29. The molecular weight excluding hydrogens is 390 g/mol. The zero-order chi connectivity index (χ0) is 21.0. The highest BCUT2D eigenvalue weighted by Gasteiger charge is 2.33. The molecule has 1 aliphatic heterocycles. The third-order valence-corrected chi connectivity index (χ3v) is 5.15. The Morgan fingerprint density at radius 3 is 2.55 bits per heavy atom. The summed E-state index contributed by atoms with van der Waals surface area (Å²) in [6.07, 6.45) is 1.62. The van der Waals surface area contributed by atoms with Crippen molar-refractivity contribution in [3.8, 4) is 11.5 Å². The topological polar surface area (TPSA) is 88.4 Å². The number of nitrogens with zero attached hydrogens (tertiary/aromatic N) is 1. The molecule has 0 spiro atoms. The zero-order valence-electron chi connectivity index (χ0n) is 16.3. The second kappa shape index (κ2) is 8.87. The third-order valence-electron chi connectivity index (χ3n) is 4.13. The number of aliphatic hydroxyl groups excluding tert-OH is 1. The normalized spacial score (nSPS) is 16.5. The number of phenols is 1. The molecule has 3 rings (SSSR count). The van der Waals surface area contributed by atoms with Gasteiger partial charge in [0.1, 0.15) is 27.9 Å². The van der Waals surface area contributed by atoms with Crippen LogP contribution < -0.4 is 4.74 Å². The van der Waals surface area contributed by atoms with Gasteiger partial charge in [-0.3, -0.25) is 0 Å². The number of thioether (sulfide) groups is 1. The van der Waals surface area contributed by atoms with Gasteiger partial charge in [-0.2, -0.15) is 0 Å². The van der Waals surface area contributed by atoms with Gasteiger partial charge in [-0.25, -0.2) is 9.79 Å². The monoisotopic (exact) mass is 411 g/mol.